The van der Waals surface area contributed by atoms with Crippen molar-refractivity contribution in [3.63, 3.8) is 0 Å². The fourth-order valence-corrected chi connectivity index (χ4v) is 3.52. The van der Waals surface area contributed by atoms with Crippen LogP contribution in [0.2, 0.25) is 0 Å². The minimum Gasteiger partial charge on any atom is -0.280 e. The number of halogens is 1. The minimum atomic E-state index is -0.229. The van der Waals surface area contributed by atoms with Crippen LogP contribution in [0, 0.1) is 6.92 Å². The van der Waals surface area contributed by atoms with Gasteiger partial charge in [0.05, 0.1) is 5.56 Å². The average Bonchev–Trinajstić information content (AvgIpc) is 3.17. The molecule has 0 atom stereocenters. The predicted molar refractivity (Wildman–Crippen MR) is 104 cm³/mol. The first-order valence-corrected chi connectivity index (χ1v) is 8.80. The summed E-state index contributed by atoms with van der Waals surface area (Å²) in [5, 5.41) is 1.11. The summed E-state index contributed by atoms with van der Waals surface area (Å²) in [4.78, 5) is 30.2. The van der Waals surface area contributed by atoms with Gasteiger partial charge in [0.2, 0.25) is 0 Å². The zero-order valence-electron chi connectivity index (χ0n) is 13.9. The molecule has 0 unspecified atom stereocenters. The highest BCUT2D eigenvalue weighted by atomic mass is 79.9. The van der Waals surface area contributed by atoms with E-state index < -0.39 is 0 Å². The van der Waals surface area contributed by atoms with Gasteiger partial charge in [-0.2, -0.15) is 0 Å². The van der Waals surface area contributed by atoms with Gasteiger partial charge in [-0.3, -0.25) is 18.7 Å². The van der Waals surface area contributed by atoms with Crippen LogP contribution in [-0.2, 0) is 0 Å². The maximum atomic E-state index is 13.1. The second-order valence-electron chi connectivity index (χ2n) is 5.90. The average molecular weight is 408 g/mol. The number of carbonyl (C=O) groups excluding carboxylic acids is 1. The Morgan fingerprint density at radius 2 is 1.85 bits per heavy atom. The van der Waals surface area contributed by atoms with E-state index in [-0.39, 0.29) is 11.5 Å². The third-order valence-corrected chi connectivity index (χ3v) is 4.84. The Labute approximate surface area is 157 Å². The van der Waals surface area contributed by atoms with Gasteiger partial charge in [-0.25, -0.2) is 4.98 Å². The first-order valence-electron chi connectivity index (χ1n) is 8.01. The monoisotopic (exact) mass is 407 g/mol. The summed E-state index contributed by atoms with van der Waals surface area (Å²) in [7, 11) is 0. The largest absolute Gasteiger partial charge is 0.280 e. The molecule has 4 rings (SSSR count). The van der Waals surface area contributed by atoms with Crippen molar-refractivity contribution in [3.8, 4) is 5.69 Å². The normalized spacial score (nSPS) is 11.0. The SMILES string of the molecule is Cc1c(C(=O)n2ccnc2)c2cc(Br)ccc2c(=O)n1-c1ccccc1. The quantitative estimate of drug-likeness (QED) is 0.505. The van der Waals surface area contributed by atoms with Gasteiger partial charge in [0.15, 0.2) is 0 Å². The lowest BCUT2D eigenvalue weighted by atomic mass is 10.0. The molecule has 0 aliphatic heterocycles. The molecule has 0 spiro atoms. The zero-order valence-corrected chi connectivity index (χ0v) is 15.5. The number of hydrogen-bond acceptors (Lipinski definition) is 3. The Balaban J connectivity index is 2.14. The second-order valence-corrected chi connectivity index (χ2v) is 6.82. The molecule has 0 fully saturated rings. The number of benzene rings is 2. The molecule has 0 amide bonds. The molecule has 0 aliphatic carbocycles. The number of rotatable bonds is 2. The number of pyridine rings is 1. The van der Waals surface area contributed by atoms with Crippen molar-refractivity contribution in [2.75, 3.05) is 0 Å². The lowest BCUT2D eigenvalue weighted by Gasteiger charge is -2.17. The Hall–Kier alpha value is -2.99. The van der Waals surface area contributed by atoms with Crippen LogP contribution >= 0.6 is 15.9 Å². The van der Waals surface area contributed by atoms with Crippen molar-refractivity contribution >= 4 is 32.6 Å². The lowest BCUT2D eigenvalue weighted by molar-refractivity contribution is 0.0960. The maximum Gasteiger partial charge on any atom is 0.265 e. The number of aromatic nitrogens is 3. The van der Waals surface area contributed by atoms with Crippen molar-refractivity contribution in [2.45, 2.75) is 6.92 Å². The van der Waals surface area contributed by atoms with Crippen LogP contribution < -0.4 is 5.56 Å². The first-order chi connectivity index (χ1) is 12.6. The van der Waals surface area contributed by atoms with E-state index in [1.807, 2.05) is 36.4 Å². The molecule has 2 aromatic carbocycles. The van der Waals surface area contributed by atoms with Crippen LogP contribution in [-0.4, -0.2) is 20.0 Å². The van der Waals surface area contributed by atoms with Crippen molar-refractivity contribution in [1.82, 2.24) is 14.1 Å². The van der Waals surface area contributed by atoms with E-state index >= 15 is 0 Å². The Kier molecular flexibility index (Phi) is 4.05. The van der Waals surface area contributed by atoms with Crippen LogP contribution in [0.5, 0.6) is 0 Å². The summed E-state index contributed by atoms with van der Waals surface area (Å²) in [6.45, 7) is 1.79. The summed E-state index contributed by atoms with van der Waals surface area (Å²) in [5.74, 6) is -0.229. The summed E-state index contributed by atoms with van der Waals surface area (Å²) < 4.78 is 3.81. The molecule has 6 heteroatoms. The van der Waals surface area contributed by atoms with Gasteiger partial charge in [-0.1, -0.05) is 34.1 Å². The molecule has 0 N–H and O–H groups in total. The molecule has 0 saturated heterocycles. The molecule has 0 saturated carbocycles. The van der Waals surface area contributed by atoms with Gasteiger partial charge in [0.1, 0.15) is 6.33 Å². The first kappa shape index (κ1) is 16.5. The summed E-state index contributed by atoms with van der Waals surface area (Å²) >= 11 is 3.44. The smallest absolute Gasteiger partial charge is 0.265 e. The summed E-state index contributed by atoms with van der Waals surface area (Å²) in [6, 6.07) is 14.7. The molecule has 2 aromatic heterocycles. The highest BCUT2D eigenvalue weighted by Crippen LogP contribution is 2.26. The standard InChI is InChI=1S/C20H14BrN3O2/c1-13-18(20(26)23-10-9-22-12-23)17-11-14(21)7-8-16(17)19(25)24(13)15-5-3-2-4-6-15/h2-12H,1H3. The van der Waals surface area contributed by atoms with Gasteiger partial charge < -0.3 is 0 Å². The molecule has 4 aromatic rings. The van der Waals surface area contributed by atoms with Crippen LogP contribution in [0.15, 0.2) is 76.5 Å². The molecular weight excluding hydrogens is 394 g/mol. The van der Waals surface area contributed by atoms with E-state index in [2.05, 4.69) is 20.9 Å². The maximum absolute atomic E-state index is 13.1. The summed E-state index contributed by atoms with van der Waals surface area (Å²) in [5.41, 5.74) is 1.63. The van der Waals surface area contributed by atoms with Crippen molar-refractivity contribution in [3.05, 3.63) is 93.3 Å². The van der Waals surface area contributed by atoms with E-state index in [0.717, 1.165) is 10.2 Å². The topological polar surface area (TPSA) is 56.9 Å². The van der Waals surface area contributed by atoms with E-state index in [1.165, 1.54) is 10.9 Å². The Morgan fingerprint density at radius 1 is 1.08 bits per heavy atom. The highest BCUT2D eigenvalue weighted by Gasteiger charge is 2.21. The molecule has 0 aliphatic rings. The zero-order chi connectivity index (χ0) is 18.3. The van der Waals surface area contributed by atoms with E-state index in [1.54, 1.807) is 36.0 Å². The molecule has 2 heterocycles. The molecule has 0 bridgehead atoms. The van der Waals surface area contributed by atoms with Gasteiger partial charge in [0.25, 0.3) is 11.5 Å². The predicted octanol–water partition coefficient (Wildman–Crippen LogP) is 3.95. The van der Waals surface area contributed by atoms with Gasteiger partial charge in [-0.05, 0) is 37.3 Å². The molecule has 5 nitrogen and oxygen atoms in total. The molecule has 26 heavy (non-hydrogen) atoms. The summed E-state index contributed by atoms with van der Waals surface area (Å²) in [6.07, 6.45) is 4.62. The second kappa shape index (κ2) is 6.38. The number of carbonyl (C=O) groups is 1. The van der Waals surface area contributed by atoms with Gasteiger partial charge in [-0.15, -0.1) is 0 Å². The van der Waals surface area contributed by atoms with Crippen LogP contribution in [0.1, 0.15) is 16.1 Å². The lowest BCUT2D eigenvalue weighted by Crippen LogP contribution is -2.25. The van der Waals surface area contributed by atoms with E-state index in [4.69, 9.17) is 0 Å². The molecule has 0 radical (unpaired) electrons. The third-order valence-electron chi connectivity index (χ3n) is 4.35. The van der Waals surface area contributed by atoms with Crippen LogP contribution in [0.4, 0.5) is 0 Å². The van der Waals surface area contributed by atoms with Crippen molar-refractivity contribution in [1.29, 1.82) is 0 Å². The fraction of sp³-hybridized carbons (Fsp3) is 0.0500. The molecule has 128 valence electrons. The number of imidazole rings is 1. The number of nitrogens with zero attached hydrogens (tertiary/aromatic N) is 3. The van der Waals surface area contributed by atoms with E-state index in [9.17, 15) is 9.59 Å². The highest BCUT2D eigenvalue weighted by molar-refractivity contribution is 9.10. The van der Waals surface area contributed by atoms with Crippen LogP contribution in [0.25, 0.3) is 16.5 Å². The number of fused-ring (bicyclic) bond motifs is 1. The fourth-order valence-electron chi connectivity index (χ4n) is 3.16. The van der Waals surface area contributed by atoms with E-state index in [0.29, 0.717) is 22.0 Å². The minimum absolute atomic E-state index is 0.154. The Bertz CT molecular complexity index is 1180. The molecular formula is C20H14BrN3O2. The number of para-hydroxylation sites is 1. The Morgan fingerprint density at radius 3 is 2.54 bits per heavy atom. The number of hydrogen-bond donors (Lipinski definition) is 0. The third kappa shape index (κ3) is 2.59. The van der Waals surface area contributed by atoms with Gasteiger partial charge >= 0.3 is 0 Å². The van der Waals surface area contributed by atoms with Crippen molar-refractivity contribution < 1.29 is 4.79 Å². The van der Waals surface area contributed by atoms with Crippen molar-refractivity contribution in [2.24, 2.45) is 0 Å². The van der Waals surface area contributed by atoms with Crippen LogP contribution in [0.3, 0.4) is 0 Å². The van der Waals surface area contributed by atoms with Gasteiger partial charge in [0, 0.05) is 39.0 Å².